The predicted octanol–water partition coefficient (Wildman–Crippen LogP) is 4.77. The topological polar surface area (TPSA) is 27.1 Å². The number of nitrogens with one attached hydrogen (secondary N) is 1. The lowest BCUT2D eigenvalue weighted by molar-refractivity contribution is -0.400. The first-order valence-corrected chi connectivity index (χ1v) is 9.19. The zero-order valence-corrected chi connectivity index (χ0v) is 15.6. The Kier molecular flexibility index (Phi) is 4.78. The molecular weight excluding hydrogens is 361 g/mol. The smallest absolute Gasteiger partial charge is 0.218 e. The normalized spacial score (nSPS) is 11.9. The van der Waals surface area contributed by atoms with Gasteiger partial charge in [0.05, 0.1) is 16.5 Å². The number of hydrogen-bond donors (Lipinski definition) is 1. The highest BCUT2D eigenvalue weighted by Crippen LogP contribution is 2.22. The molecule has 2 nitrogen and oxygen atoms in total. The summed E-state index contributed by atoms with van der Waals surface area (Å²) in [5, 5.41) is 1.94. The van der Waals surface area contributed by atoms with Gasteiger partial charge in [0.2, 0.25) is 11.0 Å². The summed E-state index contributed by atoms with van der Waals surface area (Å²) in [5.41, 5.74) is 3.70. The number of rotatable bonds is 3. The largest absolute Gasteiger partial charge is 0.456 e. The highest BCUT2D eigenvalue weighted by atomic mass is 35.5. The van der Waals surface area contributed by atoms with Gasteiger partial charge in [-0.25, -0.2) is 9.38 Å². The molecule has 4 aromatic rings. The fraction of sp³-hybridized carbons (Fsp3) is 0.0870. The molecule has 0 aliphatic rings. The SMILES string of the molecule is CCc1ccc2oc(-c3ccccc3)cc(=[NH+]c3ccc(F)c(Cl)c3)c2c1. The van der Waals surface area contributed by atoms with E-state index in [9.17, 15) is 4.39 Å². The molecule has 134 valence electrons. The molecule has 4 heteroatoms. The van der Waals surface area contributed by atoms with Crippen LogP contribution < -0.4 is 10.3 Å². The van der Waals surface area contributed by atoms with Gasteiger partial charge in [-0.1, -0.05) is 54.9 Å². The minimum absolute atomic E-state index is 0.0856. The van der Waals surface area contributed by atoms with Crippen LogP contribution in [-0.4, -0.2) is 0 Å². The molecular formula is C23H18ClFNO+. The Balaban J connectivity index is 2.00. The first-order chi connectivity index (χ1) is 13.1. The van der Waals surface area contributed by atoms with E-state index in [1.165, 1.54) is 11.6 Å². The summed E-state index contributed by atoms with van der Waals surface area (Å²) in [5.74, 6) is 0.316. The lowest BCUT2D eigenvalue weighted by Crippen LogP contribution is -2.70. The van der Waals surface area contributed by atoms with E-state index in [1.54, 1.807) is 12.1 Å². The third kappa shape index (κ3) is 3.64. The highest BCUT2D eigenvalue weighted by molar-refractivity contribution is 6.30. The van der Waals surface area contributed by atoms with Gasteiger partial charge in [-0.05, 0) is 30.2 Å². The molecule has 0 atom stereocenters. The van der Waals surface area contributed by atoms with Gasteiger partial charge in [-0.15, -0.1) is 0 Å². The van der Waals surface area contributed by atoms with Crippen molar-refractivity contribution in [2.75, 3.05) is 0 Å². The Bertz CT molecular complexity index is 1180. The molecule has 0 aliphatic heterocycles. The summed E-state index contributed by atoms with van der Waals surface area (Å²) < 4.78 is 19.6. The van der Waals surface area contributed by atoms with Crippen LogP contribution in [0.4, 0.5) is 10.1 Å². The van der Waals surface area contributed by atoms with Gasteiger partial charge in [-0.3, -0.25) is 0 Å². The molecule has 27 heavy (non-hydrogen) atoms. The van der Waals surface area contributed by atoms with Crippen LogP contribution in [0.25, 0.3) is 22.3 Å². The second kappa shape index (κ2) is 7.37. The van der Waals surface area contributed by atoms with Crippen LogP contribution in [0.5, 0.6) is 0 Å². The Labute approximate surface area is 161 Å². The van der Waals surface area contributed by atoms with Crippen LogP contribution in [0.15, 0.2) is 77.2 Å². The van der Waals surface area contributed by atoms with Gasteiger partial charge < -0.3 is 4.42 Å². The summed E-state index contributed by atoms with van der Waals surface area (Å²) in [7, 11) is 0. The molecule has 1 aromatic heterocycles. The van der Waals surface area contributed by atoms with Gasteiger partial charge in [0.25, 0.3) is 0 Å². The summed E-state index contributed by atoms with van der Waals surface area (Å²) in [4.78, 5) is 3.37. The third-order valence-corrected chi connectivity index (χ3v) is 4.78. The fourth-order valence-electron chi connectivity index (χ4n) is 3.03. The lowest BCUT2D eigenvalue weighted by Gasteiger charge is -2.04. The predicted molar refractivity (Wildman–Crippen MR) is 106 cm³/mol. The average Bonchev–Trinajstić information content (AvgIpc) is 2.71. The molecule has 0 spiro atoms. The molecule has 0 amide bonds. The van der Waals surface area contributed by atoms with E-state index in [0.29, 0.717) is 0 Å². The van der Waals surface area contributed by atoms with Crippen molar-refractivity contribution in [3.05, 3.63) is 94.6 Å². The molecule has 4 rings (SSSR count). The van der Waals surface area contributed by atoms with E-state index in [1.807, 2.05) is 42.5 Å². The number of fused-ring (bicyclic) bond motifs is 1. The number of benzene rings is 3. The Morgan fingerprint density at radius 3 is 2.52 bits per heavy atom. The molecule has 0 bridgehead atoms. The van der Waals surface area contributed by atoms with Crippen molar-refractivity contribution < 1.29 is 13.8 Å². The maximum absolute atomic E-state index is 13.5. The van der Waals surface area contributed by atoms with Crippen LogP contribution in [0.1, 0.15) is 12.5 Å². The van der Waals surface area contributed by atoms with Gasteiger partial charge in [0.15, 0.2) is 0 Å². The summed E-state index contributed by atoms with van der Waals surface area (Å²) in [6.07, 6.45) is 0.929. The van der Waals surface area contributed by atoms with Gasteiger partial charge in [0.1, 0.15) is 17.2 Å². The van der Waals surface area contributed by atoms with E-state index < -0.39 is 5.82 Å². The number of hydrogen-bond acceptors (Lipinski definition) is 1. The molecule has 0 radical (unpaired) electrons. The molecule has 1 heterocycles. The Hall–Kier alpha value is -2.91. The first-order valence-electron chi connectivity index (χ1n) is 8.81. The van der Waals surface area contributed by atoms with Crippen LogP contribution in [0.2, 0.25) is 5.02 Å². The van der Waals surface area contributed by atoms with Crippen molar-refractivity contribution in [3.8, 4) is 11.3 Å². The minimum atomic E-state index is -0.437. The fourth-order valence-corrected chi connectivity index (χ4v) is 3.21. The standard InChI is InChI=1S/C23H17ClFNO/c1-2-15-8-11-22-18(12-15)21(26-17-9-10-20(25)19(24)13-17)14-23(27-22)16-6-4-3-5-7-16/h3-14H,2H2,1H3/p+1. The molecule has 0 aliphatic carbocycles. The van der Waals surface area contributed by atoms with Crippen molar-refractivity contribution in [2.24, 2.45) is 0 Å². The van der Waals surface area contributed by atoms with Crippen molar-refractivity contribution >= 4 is 28.3 Å². The van der Waals surface area contributed by atoms with Crippen LogP contribution in [0, 0.1) is 5.82 Å². The van der Waals surface area contributed by atoms with Crippen molar-refractivity contribution in [1.29, 1.82) is 0 Å². The van der Waals surface area contributed by atoms with Crippen LogP contribution in [0.3, 0.4) is 0 Å². The van der Waals surface area contributed by atoms with Gasteiger partial charge in [-0.2, -0.15) is 0 Å². The van der Waals surface area contributed by atoms with Gasteiger partial charge >= 0.3 is 0 Å². The number of aryl methyl sites for hydroxylation is 1. The number of halogens is 2. The van der Waals surface area contributed by atoms with Crippen molar-refractivity contribution in [3.63, 3.8) is 0 Å². The average molecular weight is 379 g/mol. The highest BCUT2D eigenvalue weighted by Gasteiger charge is 2.11. The van der Waals surface area contributed by atoms with E-state index in [2.05, 4.69) is 24.0 Å². The lowest BCUT2D eigenvalue weighted by atomic mass is 10.1. The third-order valence-electron chi connectivity index (χ3n) is 4.49. The van der Waals surface area contributed by atoms with E-state index in [4.69, 9.17) is 16.0 Å². The van der Waals surface area contributed by atoms with Crippen LogP contribution >= 0.6 is 11.6 Å². The molecule has 0 unspecified atom stereocenters. The molecule has 0 saturated heterocycles. The molecule has 0 saturated carbocycles. The van der Waals surface area contributed by atoms with E-state index >= 15 is 0 Å². The maximum atomic E-state index is 13.5. The minimum Gasteiger partial charge on any atom is -0.456 e. The Morgan fingerprint density at radius 2 is 1.78 bits per heavy atom. The second-order valence-electron chi connectivity index (χ2n) is 6.33. The van der Waals surface area contributed by atoms with E-state index in [-0.39, 0.29) is 5.02 Å². The summed E-state index contributed by atoms with van der Waals surface area (Å²) >= 11 is 5.94. The van der Waals surface area contributed by atoms with Crippen LogP contribution in [-0.2, 0) is 6.42 Å². The molecule has 3 aromatic carbocycles. The molecule has 1 N–H and O–H groups in total. The Morgan fingerprint density at radius 1 is 0.963 bits per heavy atom. The monoisotopic (exact) mass is 378 g/mol. The molecule has 0 fully saturated rings. The van der Waals surface area contributed by atoms with E-state index in [0.717, 1.165) is 39.8 Å². The quantitative estimate of drug-likeness (QED) is 0.546. The first kappa shape index (κ1) is 17.5. The zero-order chi connectivity index (χ0) is 18.8. The second-order valence-corrected chi connectivity index (χ2v) is 6.74. The zero-order valence-electron chi connectivity index (χ0n) is 14.8. The van der Waals surface area contributed by atoms with Gasteiger partial charge in [0, 0.05) is 17.7 Å². The van der Waals surface area contributed by atoms with Crippen molar-refractivity contribution in [2.45, 2.75) is 13.3 Å². The summed E-state index contributed by atoms with van der Waals surface area (Å²) in [6.45, 7) is 2.11. The summed E-state index contributed by atoms with van der Waals surface area (Å²) in [6, 6.07) is 22.7. The maximum Gasteiger partial charge on any atom is 0.218 e. The van der Waals surface area contributed by atoms with Crippen molar-refractivity contribution in [1.82, 2.24) is 0 Å².